The predicted molar refractivity (Wildman–Crippen MR) is 78.9 cm³/mol. The molecule has 5 nitrogen and oxygen atoms in total. The van der Waals surface area contributed by atoms with Gasteiger partial charge in [0.25, 0.3) is 0 Å². The number of urea groups is 1. The first-order chi connectivity index (χ1) is 10.1. The average Bonchev–Trinajstić information content (AvgIpc) is 2.95. The lowest BCUT2D eigenvalue weighted by Crippen LogP contribution is -2.54. The van der Waals surface area contributed by atoms with E-state index in [0.29, 0.717) is 18.4 Å². The first kappa shape index (κ1) is 14.4. The van der Waals surface area contributed by atoms with E-state index in [1.807, 2.05) is 11.0 Å². The summed E-state index contributed by atoms with van der Waals surface area (Å²) in [5.41, 5.74) is 0. The maximum absolute atomic E-state index is 12.5. The van der Waals surface area contributed by atoms with Gasteiger partial charge in [0.1, 0.15) is 0 Å². The number of fused-ring (bicyclic) bond motifs is 1. The van der Waals surface area contributed by atoms with E-state index in [4.69, 9.17) is 5.11 Å². The number of rotatable bonds is 2. The maximum Gasteiger partial charge on any atom is 0.318 e. The van der Waals surface area contributed by atoms with Crippen LogP contribution in [0, 0.1) is 11.8 Å². The molecular weight excluding hydrogens is 268 g/mol. The van der Waals surface area contributed by atoms with Gasteiger partial charge in [0.05, 0.1) is 12.0 Å². The van der Waals surface area contributed by atoms with Crippen molar-refractivity contribution < 1.29 is 14.7 Å². The standard InChI is InChI=1S/C16H24N2O3/c19-15(20)12-7-8-13(10-12)17-16(21)18-9-3-5-11-4-1-2-6-14(11)18/h7-8,11-14H,1-6,9-10H2,(H,17,21)(H,19,20). The van der Waals surface area contributed by atoms with Crippen molar-refractivity contribution in [2.45, 2.75) is 57.0 Å². The lowest BCUT2D eigenvalue weighted by atomic mass is 9.78. The fourth-order valence-electron chi connectivity index (χ4n) is 4.11. The number of hydrogen-bond donors (Lipinski definition) is 2. The topological polar surface area (TPSA) is 69.6 Å². The number of carbonyl (C=O) groups is 2. The van der Waals surface area contributed by atoms with Crippen LogP contribution in [-0.4, -0.2) is 40.6 Å². The number of piperidine rings is 1. The Hall–Kier alpha value is -1.52. The molecule has 1 saturated heterocycles. The molecule has 0 radical (unpaired) electrons. The molecule has 2 fully saturated rings. The van der Waals surface area contributed by atoms with Gasteiger partial charge in [0.2, 0.25) is 0 Å². The Morgan fingerprint density at radius 3 is 2.62 bits per heavy atom. The Morgan fingerprint density at radius 1 is 1.10 bits per heavy atom. The second-order valence-electron chi connectivity index (χ2n) is 6.57. The molecule has 0 aromatic carbocycles. The third kappa shape index (κ3) is 3.06. The van der Waals surface area contributed by atoms with Crippen LogP contribution in [0.3, 0.4) is 0 Å². The van der Waals surface area contributed by atoms with Crippen molar-refractivity contribution in [3.05, 3.63) is 12.2 Å². The summed E-state index contributed by atoms with van der Waals surface area (Å²) in [7, 11) is 0. The number of aliphatic carboxylic acids is 1. The number of amides is 2. The molecule has 1 heterocycles. The van der Waals surface area contributed by atoms with Crippen LogP contribution < -0.4 is 5.32 Å². The van der Waals surface area contributed by atoms with Crippen molar-refractivity contribution in [2.75, 3.05) is 6.54 Å². The Labute approximate surface area is 125 Å². The summed E-state index contributed by atoms with van der Waals surface area (Å²) >= 11 is 0. The fraction of sp³-hybridized carbons (Fsp3) is 0.750. The molecule has 116 valence electrons. The van der Waals surface area contributed by atoms with E-state index in [0.717, 1.165) is 19.4 Å². The highest BCUT2D eigenvalue weighted by Gasteiger charge is 2.36. The predicted octanol–water partition coefficient (Wildman–Crippen LogP) is 2.38. The van der Waals surface area contributed by atoms with Crippen LogP contribution in [0.15, 0.2) is 12.2 Å². The minimum absolute atomic E-state index is 0.00714. The summed E-state index contributed by atoms with van der Waals surface area (Å²) < 4.78 is 0. The van der Waals surface area contributed by atoms with Crippen LogP contribution in [0.25, 0.3) is 0 Å². The largest absolute Gasteiger partial charge is 0.481 e. The van der Waals surface area contributed by atoms with E-state index in [9.17, 15) is 9.59 Å². The zero-order valence-corrected chi connectivity index (χ0v) is 12.3. The molecule has 2 aliphatic carbocycles. The first-order valence-corrected chi connectivity index (χ1v) is 8.13. The van der Waals surface area contributed by atoms with Crippen molar-refractivity contribution in [3.8, 4) is 0 Å². The molecule has 0 aromatic heterocycles. The fourth-order valence-corrected chi connectivity index (χ4v) is 4.11. The molecule has 2 N–H and O–H groups in total. The number of nitrogens with one attached hydrogen (secondary N) is 1. The van der Waals surface area contributed by atoms with Gasteiger partial charge in [-0.2, -0.15) is 0 Å². The molecule has 1 aliphatic heterocycles. The van der Waals surface area contributed by atoms with Gasteiger partial charge in [0, 0.05) is 12.6 Å². The third-order valence-corrected chi connectivity index (χ3v) is 5.21. The van der Waals surface area contributed by atoms with Crippen molar-refractivity contribution in [2.24, 2.45) is 11.8 Å². The zero-order chi connectivity index (χ0) is 14.8. The number of nitrogens with zero attached hydrogens (tertiary/aromatic N) is 1. The molecule has 1 saturated carbocycles. The summed E-state index contributed by atoms with van der Waals surface area (Å²) in [5, 5.41) is 12.0. The molecule has 5 heteroatoms. The van der Waals surface area contributed by atoms with Gasteiger partial charge in [-0.25, -0.2) is 4.79 Å². The van der Waals surface area contributed by atoms with E-state index in [1.165, 1.54) is 25.7 Å². The van der Waals surface area contributed by atoms with Crippen molar-refractivity contribution in [1.29, 1.82) is 0 Å². The minimum Gasteiger partial charge on any atom is -0.481 e. The van der Waals surface area contributed by atoms with Crippen LogP contribution >= 0.6 is 0 Å². The smallest absolute Gasteiger partial charge is 0.318 e. The number of hydrogen-bond acceptors (Lipinski definition) is 2. The summed E-state index contributed by atoms with van der Waals surface area (Å²) in [5.74, 6) is -0.600. The minimum atomic E-state index is -0.812. The van der Waals surface area contributed by atoms with Crippen LogP contribution in [0.2, 0.25) is 0 Å². The van der Waals surface area contributed by atoms with Gasteiger partial charge in [-0.1, -0.05) is 25.0 Å². The van der Waals surface area contributed by atoms with Gasteiger partial charge >= 0.3 is 12.0 Å². The van der Waals surface area contributed by atoms with Crippen LogP contribution in [0.5, 0.6) is 0 Å². The molecule has 0 bridgehead atoms. The van der Waals surface area contributed by atoms with Gasteiger partial charge in [-0.05, 0) is 38.0 Å². The molecule has 0 spiro atoms. The average molecular weight is 292 g/mol. The van der Waals surface area contributed by atoms with Crippen LogP contribution in [0.1, 0.15) is 44.9 Å². The molecule has 21 heavy (non-hydrogen) atoms. The molecule has 4 unspecified atom stereocenters. The Kier molecular flexibility index (Phi) is 4.17. The number of carboxylic acid groups (broad SMARTS) is 1. The first-order valence-electron chi connectivity index (χ1n) is 8.13. The molecular formula is C16H24N2O3. The van der Waals surface area contributed by atoms with E-state index in [-0.39, 0.29) is 12.1 Å². The number of carbonyl (C=O) groups excluding carboxylic acids is 1. The highest BCUT2D eigenvalue weighted by Crippen LogP contribution is 2.35. The summed E-state index contributed by atoms with van der Waals surface area (Å²) in [6.07, 6.45) is 11.2. The number of likely N-dealkylation sites (tertiary alicyclic amines) is 1. The van der Waals surface area contributed by atoms with E-state index in [2.05, 4.69) is 5.32 Å². The Balaban J connectivity index is 1.57. The van der Waals surface area contributed by atoms with Gasteiger partial charge in [-0.15, -0.1) is 0 Å². The monoisotopic (exact) mass is 292 g/mol. The molecule has 3 rings (SSSR count). The summed E-state index contributed by atoms with van der Waals surface area (Å²) in [6.45, 7) is 0.839. The lowest BCUT2D eigenvalue weighted by Gasteiger charge is -2.44. The van der Waals surface area contributed by atoms with E-state index in [1.54, 1.807) is 6.08 Å². The second kappa shape index (κ2) is 6.08. The molecule has 0 aromatic rings. The SMILES string of the molecule is O=C(O)C1C=CC(NC(=O)N2CCCC3CCCCC32)C1. The lowest BCUT2D eigenvalue weighted by molar-refractivity contribution is -0.140. The quantitative estimate of drug-likeness (QED) is 0.768. The Morgan fingerprint density at radius 2 is 1.86 bits per heavy atom. The van der Waals surface area contributed by atoms with E-state index >= 15 is 0 Å². The zero-order valence-electron chi connectivity index (χ0n) is 12.3. The van der Waals surface area contributed by atoms with Crippen LogP contribution in [0.4, 0.5) is 4.79 Å². The highest BCUT2D eigenvalue weighted by atomic mass is 16.4. The summed E-state index contributed by atoms with van der Waals surface area (Å²) in [4.78, 5) is 25.5. The molecule has 2 amide bonds. The maximum atomic E-state index is 12.5. The second-order valence-corrected chi connectivity index (χ2v) is 6.57. The Bertz CT molecular complexity index is 447. The van der Waals surface area contributed by atoms with Gasteiger partial charge < -0.3 is 15.3 Å². The van der Waals surface area contributed by atoms with E-state index < -0.39 is 11.9 Å². The van der Waals surface area contributed by atoms with Gasteiger partial charge in [0.15, 0.2) is 0 Å². The molecule has 4 atom stereocenters. The van der Waals surface area contributed by atoms with Crippen molar-refractivity contribution in [3.63, 3.8) is 0 Å². The third-order valence-electron chi connectivity index (χ3n) is 5.21. The number of carboxylic acids is 1. The highest BCUT2D eigenvalue weighted by molar-refractivity contribution is 5.77. The summed E-state index contributed by atoms with van der Waals surface area (Å²) in [6, 6.07) is 0.253. The normalized spacial score (nSPS) is 35.3. The molecule has 3 aliphatic rings. The van der Waals surface area contributed by atoms with Crippen molar-refractivity contribution in [1.82, 2.24) is 10.2 Å². The van der Waals surface area contributed by atoms with Crippen LogP contribution in [-0.2, 0) is 4.79 Å². The van der Waals surface area contributed by atoms with Gasteiger partial charge in [-0.3, -0.25) is 4.79 Å². The van der Waals surface area contributed by atoms with Crippen molar-refractivity contribution >= 4 is 12.0 Å².